The van der Waals surface area contributed by atoms with Crippen molar-refractivity contribution in [1.29, 1.82) is 0 Å². The third-order valence-electron chi connectivity index (χ3n) is 8.12. The number of rotatable bonds is 7. The van der Waals surface area contributed by atoms with Gasteiger partial charge in [-0.25, -0.2) is 9.18 Å². The van der Waals surface area contributed by atoms with E-state index in [-0.39, 0.29) is 11.8 Å². The fourth-order valence-corrected chi connectivity index (χ4v) is 6.14. The summed E-state index contributed by atoms with van der Waals surface area (Å²) in [6, 6.07) is 16.7. The van der Waals surface area contributed by atoms with E-state index in [1.54, 1.807) is 6.07 Å². The zero-order valence-electron chi connectivity index (χ0n) is 24.4. The summed E-state index contributed by atoms with van der Waals surface area (Å²) in [5.74, 6) is 0.147. The van der Waals surface area contributed by atoms with E-state index in [1.807, 2.05) is 36.9 Å². The Labute approximate surface area is 244 Å². The molecule has 0 bridgehead atoms. The third kappa shape index (κ3) is 5.15. The Morgan fingerprint density at radius 3 is 2.81 bits per heavy atom. The van der Waals surface area contributed by atoms with Crippen molar-refractivity contribution >= 4 is 27.6 Å². The minimum atomic E-state index is -0.305. The molecule has 2 aromatic heterocycles. The molecule has 0 saturated heterocycles. The number of nitrogens with zero attached hydrogens (tertiary/aromatic N) is 3. The van der Waals surface area contributed by atoms with Crippen molar-refractivity contribution in [1.82, 2.24) is 14.3 Å². The van der Waals surface area contributed by atoms with Crippen LogP contribution in [0.25, 0.3) is 32.8 Å². The smallest absolute Gasteiger partial charge is 0.355 e. The van der Waals surface area contributed by atoms with E-state index in [2.05, 4.69) is 29.7 Å². The molecule has 42 heavy (non-hydrogen) atoms. The van der Waals surface area contributed by atoms with Crippen LogP contribution in [-0.4, -0.2) is 40.1 Å². The molecule has 0 atom stereocenters. The molecule has 6 rings (SSSR count). The summed E-state index contributed by atoms with van der Waals surface area (Å²) >= 11 is 0. The predicted molar refractivity (Wildman–Crippen MR) is 161 cm³/mol. The summed E-state index contributed by atoms with van der Waals surface area (Å²) in [5.41, 5.74) is 6.69. The van der Waals surface area contributed by atoms with Gasteiger partial charge in [-0.3, -0.25) is 4.68 Å². The number of carbonyl (C=O) groups excluding carboxylic acids is 1. The average Bonchev–Trinajstić information content (AvgIpc) is 3.44. The first kappa shape index (κ1) is 28.0. The highest BCUT2D eigenvalue weighted by atomic mass is 19.1. The summed E-state index contributed by atoms with van der Waals surface area (Å²) < 4.78 is 35.6. The maximum Gasteiger partial charge on any atom is 0.355 e. The number of halogens is 1. The summed E-state index contributed by atoms with van der Waals surface area (Å²) in [5, 5.41) is 7.50. The average molecular weight is 570 g/mol. The van der Waals surface area contributed by atoms with Crippen molar-refractivity contribution in [3.8, 4) is 16.9 Å². The van der Waals surface area contributed by atoms with Crippen LogP contribution in [0.4, 0.5) is 4.39 Å². The molecule has 0 fully saturated rings. The zero-order chi connectivity index (χ0) is 29.2. The van der Waals surface area contributed by atoms with Gasteiger partial charge >= 0.3 is 5.97 Å². The quantitative estimate of drug-likeness (QED) is 0.154. The van der Waals surface area contributed by atoms with Gasteiger partial charge in [0.2, 0.25) is 0 Å². The Balaban J connectivity index is 1.40. The van der Waals surface area contributed by atoms with E-state index >= 15 is 0 Å². The molecule has 0 saturated carbocycles. The van der Waals surface area contributed by atoms with E-state index in [1.165, 1.54) is 12.1 Å². The number of hydrogen-bond acceptors (Lipinski definition) is 5. The van der Waals surface area contributed by atoms with Gasteiger partial charge in [0.05, 0.1) is 31.0 Å². The minimum absolute atomic E-state index is 0.269. The number of fused-ring (bicyclic) bond motifs is 3. The topological polar surface area (TPSA) is 67.5 Å². The number of aromatic nitrogens is 3. The van der Waals surface area contributed by atoms with Gasteiger partial charge < -0.3 is 18.8 Å². The summed E-state index contributed by atoms with van der Waals surface area (Å²) in [4.78, 5) is 13.6. The van der Waals surface area contributed by atoms with Gasteiger partial charge in [0, 0.05) is 47.8 Å². The molecule has 8 heteroatoms. The fraction of sp³-hybridized carbons (Fsp3) is 0.353. The van der Waals surface area contributed by atoms with Crippen molar-refractivity contribution in [2.45, 2.75) is 52.7 Å². The maximum atomic E-state index is 13.7. The van der Waals surface area contributed by atoms with Crippen molar-refractivity contribution < 1.29 is 23.4 Å². The van der Waals surface area contributed by atoms with E-state index in [0.717, 1.165) is 68.3 Å². The van der Waals surface area contributed by atoms with Crippen molar-refractivity contribution in [2.24, 2.45) is 7.05 Å². The molecule has 0 radical (unpaired) electrons. The number of ether oxygens (including phenoxy) is 3. The van der Waals surface area contributed by atoms with Gasteiger partial charge in [0.25, 0.3) is 0 Å². The summed E-state index contributed by atoms with van der Waals surface area (Å²) in [7, 11) is 1.95. The zero-order valence-corrected chi connectivity index (χ0v) is 24.4. The number of para-hydroxylation sites is 1. The molecular weight excluding hydrogens is 533 g/mol. The standard InChI is InChI=1S/C34H36FN3O4/c1-4-41-34(39)33-27(13-9-19-42-30-14-7-10-23-20-24(35)15-16-25(23)30)26-11-8-12-28-31-22(2)37(3)36-29(31)21-40-18-6-5-17-38(33)32(26)28/h7-8,10-12,14-16,20H,4-6,9,13,17-19,21H2,1-3H3. The van der Waals surface area contributed by atoms with Crippen LogP contribution in [-0.2, 0) is 36.1 Å². The molecule has 3 aromatic carbocycles. The first-order valence-corrected chi connectivity index (χ1v) is 14.7. The van der Waals surface area contributed by atoms with Gasteiger partial charge in [-0.1, -0.05) is 30.3 Å². The summed E-state index contributed by atoms with van der Waals surface area (Å²) in [6.45, 7) is 6.43. The van der Waals surface area contributed by atoms with E-state index in [9.17, 15) is 9.18 Å². The molecule has 1 aliphatic heterocycles. The van der Waals surface area contributed by atoms with E-state index < -0.39 is 0 Å². The fourth-order valence-electron chi connectivity index (χ4n) is 6.14. The molecule has 0 N–H and O–H groups in total. The Morgan fingerprint density at radius 2 is 1.95 bits per heavy atom. The van der Waals surface area contributed by atoms with Crippen LogP contribution in [0.2, 0.25) is 0 Å². The van der Waals surface area contributed by atoms with Crippen LogP contribution >= 0.6 is 0 Å². The first-order chi connectivity index (χ1) is 20.5. The van der Waals surface area contributed by atoms with E-state index in [4.69, 9.17) is 19.3 Å². The lowest BCUT2D eigenvalue weighted by atomic mass is 9.98. The number of benzene rings is 3. The van der Waals surface area contributed by atoms with E-state index in [0.29, 0.717) is 51.5 Å². The second kappa shape index (κ2) is 12.0. The Bertz CT molecular complexity index is 1770. The monoisotopic (exact) mass is 569 g/mol. The number of hydrogen-bond donors (Lipinski definition) is 0. The lowest BCUT2D eigenvalue weighted by Crippen LogP contribution is -2.15. The lowest BCUT2D eigenvalue weighted by molar-refractivity contribution is 0.0512. The van der Waals surface area contributed by atoms with Crippen LogP contribution in [0, 0.1) is 12.7 Å². The van der Waals surface area contributed by atoms with Crippen LogP contribution < -0.4 is 4.74 Å². The van der Waals surface area contributed by atoms with Crippen LogP contribution in [0.5, 0.6) is 5.75 Å². The van der Waals surface area contributed by atoms with Gasteiger partial charge in [-0.15, -0.1) is 0 Å². The maximum absolute atomic E-state index is 13.7. The van der Waals surface area contributed by atoms with Gasteiger partial charge in [0.15, 0.2) is 0 Å². The highest BCUT2D eigenvalue weighted by Gasteiger charge is 2.27. The molecule has 0 unspecified atom stereocenters. The van der Waals surface area contributed by atoms with Crippen LogP contribution in [0.3, 0.4) is 0 Å². The van der Waals surface area contributed by atoms with Crippen LogP contribution in [0.1, 0.15) is 53.6 Å². The second-order valence-electron chi connectivity index (χ2n) is 10.8. The van der Waals surface area contributed by atoms with Gasteiger partial charge in [0.1, 0.15) is 17.3 Å². The molecule has 5 aromatic rings. The Hall–Kier alpha value is -4.17. The Morgan fingerprint density at radius 1 is 1.10 bits per heavy atom. The summed E-state index contributed by atoms with van der Waals surface area (Å²) in [6.07, 6.45) is 3.09. The van der Waals surface area contributed by atoms with Crippen LogP contribution in [0.15, 0.2) is 54.6 Å². The Kier molecular flexibility index (Phi) is 7.98. The molecule has 0 aliphatic carbocycles. The van der Waals surface area contributed by atoms with Crippen molar-refractivity contribution in [2.75, 3.05) is 19.8 Å². The minimum Gasteiger partial charge on any atom is -0.493 e. The van der Waals surface area contributed by atoms with Gasteiger partial charge in [-0.05, 0) is 74.7 Å². The first-order valence-electron chi connectivity index (χ1n) is 14.7. The highest BCUT2D eigenvalue weighted by Crippen LogP contribution is 2.39. The number of esters is 1. The predicted octanol–water partition coefficient (Wildman–Crippen LogP) is 7.14. The lowest BCUT2D eigenvalue weighted by Gasteiger charge is -2.13. The largest absolute Gasteiger partial charge is 0.493 e. The second-order valence-corrected chi connectivity index (χ2v) is 10.8. The molecule has 3 heterocycles. The van der Waals surface area contributed by atoms with Gasteiger partial charge in [-0.2, -0.15) is 5.10 Å². The normalized spacial score (nSPS) is 13.6. The molecule has 0 spiro atoms. The number of carbonyl (C=O) groups is 1. The van der Waals surface area contributed by atoms with Crippen molar-refractivity contribution in [3.05, 3.63) is 83.1 Å². The molecular formula is C34H36FN3O4. The molecule has 218 valence electrons. The SMILES string of the molecule is CCOC(=O)c1c(CCCOc2cccc3cc(F)ccc23)c2cccc3c2n1CCCCOCc1nn(C)c(C)c1-3. The third-order valence-corrected chi connectivity index (χ3v) is 8.12. The number of aryl methyl sites for hydroxylation is 3. The molecule has 1 aliphatic rings. The molecule has 7 nitrogen and oxygen atoms in total. The highest BCUT2D eigenvalue weighted by molar-refractivity contribution is 6.05. The molecule has 0 amide bonds. The van der Waals surface area contributed by atoms with Crippen molar-refractivity contribution in [3.63, 3.8) is 0 Å².